The zero-order valence-electron chi connectivity index (χ0n) is 15.1. The molecule has 3 heterocycles. The van der Waals surface area contributed by atoms with Gasteiger partial charge in [0.15, 0.2) is 0 Å². The third-order valence-electron chi connectivity index (χ3n) is 4.79. The first-order chi connectivity index (χ1) is 13.7. The second-order valence-electron chi connectivity index (χ2n) is 6.69. The summed E-state index contributed by atoms with van der Waals surface area (Å²) in [5.74, 6) is 0.644. The normalized spacial score (nSPS) is 12.5. The first-order valence-corrected chi connectivity index (χ1v) is 10.8. The molecule has 3 aromatic heterocycles. The van der Waals surface area contributed by atoms with Gasteiger partial charge in [-0.25, -0.2) is 4.98 Å². The molecule has 5 rings (SSSR count). The Hall–Kier alpha value is -2.96. The fourth-order valence-corrected chi connectivity index (χ4v) is 5.15. The summed E-state index contributed by atoms with van der Waals surface area (Å²) in [4.78, 5) is 22.4. The van der Waals surface area contributed by atoms with Crippen molar-refractivity contribution in [2.24, 2.45) is 0 Å². The second kappa shape index (κ2) is 6.89. The molecule has 0 amide bonds. The fraction of sp³-hybridized carbons (Fsp3) is 0.0909. The molecule has 2 N–H and O–H groups in total. The van der Waals surface area contributed by atoms with Crippen molar-refractivity contribution in [3.05, 3.63) is 81.5 Å². The summed E-state index contributed by atoms with van der Waals surface area (Å²) in [7, 11) is 0. The number of aromatic nitrogens is 2. The van der Waals surface area contributed by atoms with Crippen LogP contribution in [-0.2, 0) is 0 Å². The number of hydrogen-bond acceptors (Lipinski definition) is 5. The highest BCUT2D eigenvalue weighted by Crippen LogP contribution is 2.34. The van der Waals surface area contributed by atoms with Gasteiger partial charge >= 0.3 is 0 Å². The van der Waals surface area contributed by atoms with E-state index in [1.165, 1.54) is 22.1 Å². The van der Waals surface area contributed by atoms with Gasteiger partial charge in [-0.3, -0.25) is 4.79 Å². The average molecular weight is 404 g/mol. The Morgan fingerprint density at radius 2 is 1.89 bits per heavy atom. The number of aromatic amines is 1. The van der Waals surface area contributed by atoms with Gasteiger partial charge in [-0.15, -0.1) is 22.7 Å². The van der Waals surface area contributed by atoms with E-state index in [0.717, 1.165) is 21.0 Å². The molecule has 138 valence electrons. The lowest BCUT2D eigenvalue weighted by molar-refractivity contribution is 0.793. The lowest BCUT2D eigenvalue weighted by Crippen LogP contribution is -2.17. The number of H-pyrrole nitrogens is 1. The number of nitrogens with one attached hydrogen (secondary N) is 2. The largest absolute Gasteiger partial charge is 0.375 e. The van der Waals surface area contributed by atoms with Gasteiger partial charge in [0.2, 0.25) is 0 Å². The van der Waals surface area contributed by atoms with E-state index in [4.69, 9.17) is 4.98 Å². The van der Waals surface area contributed by atoms with E-state index in [9.17, 15) is 4.79 Å². The van der Waals surface area contributed by atoms with Crippen molar-refractivity contribution in [1.29, 1.82) is 0 Å². The maximum atomic E-state index is 12.8. The highest BCUT2D eigenvalue weighted by atomic mass is 32.1. The van der Waals surface area contributed by atoms with E-state index < -0.39 is 0 Å². The molecule has 2 aromatic carbocycles. The van der Waals surface area contributed by atoms with Crippen molar-refractivity contribution >= 4 is 49.4 Å². The van der Waals surface area contributed by atoms with Gasteiger partial charge in [-0.1, -0.05) is 36.4 Å². The quantitative estimate of drug-likeness (QED) is 0.385. The number of rotatable bonds is 4. The van der Waals surface area contributed by atoms with Crippen LogP contribution in [0, 0.1) is 0 Å². The van der Waals surface area contributed by atoms with Crippen LogP contribution in [0.1, 0.15) is 18.8 Å². The van der Waals surface area contributed by atoms with E-state index in [1.807, 2.05) is 41.9 Å². The van der Waals surface area contributed by atoms with Gasteiger partial charge in [0.1, 0.15) is 10.7 Å². The summed E-state index contributed by atoms with van der Waals surface area (Å²) in [6, 6.07) is 18.4. The number of fused-ring (bicyclic) bond motifs is 2. The number of anilines is 1. The van der Waals surface area contributed by atoms with Crippen LogP contribution in [0.15, 0.2) is 70.2 Å². The minimum atomic E-state index is -0.120. The molecule has 0 bridgehead atoms. The molecule has 4 nitrogen and oxygen atoms in total. The molecule has 0 unspecified atom stereocenters. The molecule has 0 radical (unpaired) electrons. The first kappa shape index (κ1) is 17.2. The minimum absolute atomic E-state index is 0.0863. The first-order valence-electron chi connectivity index (χ1n) is 9.00. The van der Waals surface area contributed by atoms with Crippen molar-refractivity contribution < 1.29 is 0 Å². The molecule has 0 aliphatic heterocycles. The summed E-state index contributed by atoms with van der Waals surface area (Å²) >= 11 is 3.14. The third-order valence-corrected chi connectivity index (χ3v) is 6.57. The molecule has 0 saturated carbocycles. The van der Waals surface area contributed by atoms with Gasteiger partial charge in [0, 0.05) is 21.5 Å². The van der Waals surface area contributed by atoms with Gasteiger partial charge in [0.25, 0.3) is 5.56 Å². The molecule has 0 aliphatic rings. The number of hydrogen-bond donors (Lipinski definition) is 2. The SMILES string of the molecule is C[C@@H](Nc1ccc2ccccc2c1)c1nc2scc(-c3cccs3)c2c(=O)[nH]1. The Labute approximate surface area is 169 Å². The van der Waals surface area contributed by atoms with Crippen LogP contribution in [0.2, 0.25) is 0 Å². The molecule has 28 heavy (non-hydrogen) atoms. The Morgan fingerprint density at radius 3 is 2.71 bits per heavy atom. The predicted molar refractivity (Wildman–Crippen MR) is 120 cm³/mol. The molecule has 0 aliphatic carbocycles. The van der Waals surface area contributed by atoms with Crippen LogP contribution in [0.4, 0.5) is 5.69 Å². The Morgan fingerprint density at radius 1 is 1.04 bits per heavy atom. The Bertz CT molecular complexity index is 1340. The monoisotopic (exact) mass is 403 g/mol. The molecular formula is C22H17N3OS2. The summed E-state index contributed by atoms with van der Waals surface area (Å²) < 4.78 is 0. The lowest BCUT2D eigenvalue weighted by Gasteiger charge is -2.15. The molecule has 0 spiro atoms. The van der Waals surface area contributed by atoms with Gasteiger partial charge < -0.3 is 10.3 Å². The van der Waals surface area contributed by atoms with Gasteiger partial charge in [-0.2, -0.15) is 0 Å². The van der Waals surface area contributed by atoms with Crippen LogP contribution in [0.3, 0.4) is 0 Å². The Kier molecular flexibility index (Phi) is 4.22. The molecule has 6 heteroatoms. The summed E-state index contributed by atoms with van der Waals surface area (Å²) in [5.41, 5.74) is 1.88. The highest BCUT2D eigenvalue weighted by molar-refractivity contribution is 7.18. The van der Waals surface area contributed by atoms with Crippen LogP contribution in [0.5, 0.6) is 0 Å². The topological polar surface area (TPSA) is 57.8 Å². The average Bonchev–Trinajstić information content (AvgIpc) is 3.37. The highest BCUT2D eigenvalue weighted by Gasteiger charge is 2.16. The van der Waals surface area contributed by atoms with Crippen molar-refractivity contribution in [2.45, 2.75) is 13.0 Å². The second-order valence-corrected chi connectivity index (χ2v) is 8.49. The third kappa shape index (κ3) is 3.00. The minimum Gasteiger partial charge on any atom is -0.375 e. The van der Waals surface area contributed by atoms with E-state index in [0.29, 0.717) is 11.2 Å². The van der Waals surface area contributed by atoms with Crippen molar-refractivity contribution in [3.63, 3.8) is 0 Å². The van der Waals surface area contributed by atoms with Crippen LogP contribution in [0.25, 0.3) is 31.4 Å². The smallest absolute Gasteiger partial charge is 0.260 e. The zero-order valence-corrected chi connectivity index (χ0v) is 16.7. The Balaban J connectivity index is 1.49. The standard InChI is InChI=1S/C22H17N3OS2/c1-13(23-16-9-8-14-5-2-3-6-15(14)11-16)20-24-21(26)19-17(12-28-22(19)25-20)18-7-4-10-27-18/h2-13,23H,1H3,(H,24,25,26)/t13-/m1/s1. The number of thiophene rings is 2. The van der Waals surface area contributed by atoms with Crippen LogP contribution >= 0.6 is 22.7 Å². The van der Waals surface area contributed by atoms with E-state index in [1.54, 1.807) is 11.3 Å². The fourth-order valence-electron chi connectivity index (χ4n) is 3.38. The summed E-state index contributed by atoms with van der Waals surface area (Å²) in [5, 5.41) is 10.5. The van der Waals surface area contributed by atoms with Crippen LogP contribution < -0.4 is 10.9 Å². The van der Waals surface area contributed by atoms with Crippen molar-refractivity contribution in [3.8, 4) is 10.4 Å². The van der Waals surface area contributed by atoms with E-state index in [2.05, 4.69) is 40.6 Å². The van der Waals surface area contributed by atoms with Crippen LogP contribution in [-0.4, -0.2) is 9.97 Å². The van der Waals surface area contributed by atoms with E-state index >= 15 is 0 Å². The molecular weight excluding hydrogens is 386 g/mol. The molecule has 1 atom stereocenters. The maximum absolute atomic E-state index is 12.8. The number of benzene rings is 2. The maximum Gasteiger partial charge on any atom is 0.260 e. The van der Waals surface area contributed by atoms with Gasteiger partial charge in [-0.05, 0) is 41.3 Å². The van der Waals surface area contributed by atoms with Gasteiger partial charge in [0.05, 0.1) is 11.4 Å². The summed E-state index contributed by atoms with van der Waals surface area (Å²) in [6.45, 7) is 2.01. The van der Waals surface area contributed by atoms with Crippen molar-refractivity contribution in [1.82, 2.24) is 9.97 Å². The predicted octanol–water partition coefficient (Wildman–Crippen LogP) is 6.04. The van der Waals surface area contributed by atoms with Crippen molar-refractivity contribution in [2.75, 3.05) is 5.32 Å². The molecule has 5 aromatic rings. The zero-order chi connectivity index (χ0) is 19.1. The molecule has 0 saturated heterocycles. The lowest BCUT2D eigenvalue weighted by atomic mass is 10.1. The van der Waals surface area contributed by atoms with E-state index in [-0.39, 0.29) is 11.6 Å². The number of nitrogens with zero attached hydrogens (tertiary/aromatic N) is 1. The molecule has 0 fully saturated rings. The summed E-state index contributed by atoms with van der Waals surface area (Å²) in [6.07, 6.45) is 0.